The third-order valence-corrected chi connectivity index (χ3v) is 3.93. The second kappa shape index (κ2) is 6.40. The molecule has 0 radical (unpaired) electrons. The lowest BCUT2D eigenvalue weighted by Gasteiger charge is -2.07. The standard InChI is InChI=1S/C20H14FN3O2/c1-12-16(23-18(25)14-8-5-9-15(21)10-14)11-17-20(22-12)26-19(24-17)13-6-3-2-4-7-13/h2-11H,1H3,(H,23,25). The molecular formula is C20H14FN3O2. The summed E-state index contributed by atoms with van der Waals surface area (Å²) in [6, 6.07) is 16.7. The van der Waals surface area contributed by atoms with Crippen LogP contribution in [0.2, 0.25) is 0 Å². The fourth-order valence-electron chi connectivity index (χ4n) is 2.61. The van der Waals surface area contributed by atoms with E-state index < -0.39 is 11.7 Å². The second-order valence-corrected chi connectivity index (χ2v) is 5.80. The Morgan fingerprint density at radius 1 is 1.04 bits per heavy atom. The number of aromatic nitrogens is 2. The molecule has 0 saturated heterocycles. The van der Waals surface area contributed by atoms with Crippen LogP contribution >= 0.6 is 0 Å². The third-order valence-electron chi connectivity index (χ3n) is 3.93. The van der Waals surface area contributed by atoms with E-state index in [-0.39, 0.29) is 5.56 Å². The Morgan fingerprint density at radius 3 is 2.62 bits per heavy atom. The molecule has 0 saturated carbocycles. The fraction of sp³-hybridized carbons (Fsp3) is 0.0500. The Kier molecular flexibility index (Phi) is 3.93. The van der Waals surface area contributed by atoms with Gasteiger partial charge < -0.3 is 9.73 Å². The van der Waals surface area contributed by atoms with E-state index in [9.17, 15) is 9.18 Å². The van der Waals surface area contributed by atoms with E-state index in [1.54, 1.807) is 19.1 Å². The molecule has 0 aliphatic carbocycles. The SMILES string of the molecule is Cc1nc2oc(-c3ccccc3)nc2cc1NC(=O)c1cccc(F)c1. The van der Waals surface area contributed by atoms with Gasteiger partial charge in [0, 0.05) is 11.1 Å². The zero-order valence-corrected chi connectivity index (χ0v) is 13.9. The second-order valence-electron chi connectivity index (χ2n) is 5.80. The van der Waals surface area contributed by atoms with Crippen molar-refractivity contribution in [3.63, 3.8) is 0 Å². The number of halogens is 1. The first kappa shape index (κ1) is 16.0. The third kappa shape index (κ3) is 3.04. The van der Waals surface area contributed by atoms with Gasteiger partial charge in [0.2, 0.25) is 11.6 Å². The molecular weight excluding hydrogens is 333 g/mol. The molecule has 0 atom stereocenters. The fourth-order valence-corrected chi connectivity index (χ4v) is 2.61. The summed E-state index contributed by atoms with van der Waals surface area (Å²) < 4.78 is 19.0. The quantitative estimate of drug-likeness (QED) is 0.588. The van der Waals surface area contributed by atoms with Gasteiger partial charge in [-0.25, -0.2) is 14.4 Å². The van der Waals surface area contributed by atoms with Crippen LogP contribution in [0.3, 0.4) is 0 Å². The summed E-state index contributed by atoms with van der Waals surface area (Å²) in [5, 5.41) is 2.75. The average Bonchev–Trinajstić information content (AvgIpc) is 3.05. The molecule has 0 aliphatic heterocycles. The van der Waals surface area contributed by atoms with Gasteiger partial charge in [-0.05, 0) is 43.3 Å². The molecule has 1 N–H and O–H groups in total. The minimum absolute atomic E-state index is 0.231. The molecule has 1 amide bonds. The number of oxazole rings is 1. The highest BCUT2D eigenvalue weighted by molar-refractivity contribution is 6.05. The maximum atomic E-state index is 13.3. The number of fused-ring (bicyclic) bond motifs is 1. The minimum atomic E-state index is -0.466. The van der Waals surface area contributed by atoms with Crippen molar-refractivity contribution in [2.75, 3.05) is 5.32 Å². The van der Waals surface area contributed by atoms with Crippen molar-refractivity contribution in [3.05, 3.63) is 77.7 Å². The van der Waals surface area contributed by atoms with Crippen LogP contribution in [0, 0.1) is 12.7 Å². The largest absolute Gasteiger partial charge is 0.418 e. The van der Waals surface area contributed by atoms with Gasteiger partial charge in [0.15, 0.2) is 0 Å². The van der Waals surface area contributed by atoms with Crippen LogP contribution in [0.15, 0.2) is 65.1 Å². The van der Waals surface area contributed by atoms with Crippen LogP contribution < -0.4 is 5.32 Å². The summed E-state index contributed by atoms with van der Waals surface area (Å²) in [5.41, 5.74) is 3.08. The first-order valence-corrected chi connectivity index (χ1v) is 8.01. The zero-order valence-electron chi connectivity index (χ0n) is 13.9. The van der Waals surface area contributed by atoms with Gasteiger partial charge in [-0.15, -0.1) is 0 Å². The first-order valence-electron chi connectivity index (χ1n) is 8.01. The van der Waals surface area contributed by atoms with Crippen molar-refractivity contribution in [1.82, 2.24) is 9.97 Å². The highest BCUT2D eigenvalue weighted by Crippen LogP contribution is 2.26. The van der Waals surface area contributed by atoms with Crippen LogP contribution in [0.5, 0.6) is 0 Å². The van der Waals surface area contributed by atoms with Gasteiger partial charge in [-0.3, -0.25) is 4.79 Å². The van der Waals surface area contributed by atoms with Crippen molar-refractivity contribution in [2.45, 2.75) is 6.92 Å². The molecule has 5 nitrogen and oxygen atoms in total. The molecule has 4 aromatic rings. The average molecular weight is 347 g/mol. The van der Waals surface area contributed by atoms with E-state index in [0.29, 0.717) is 28.5 Å². The number of nitrogens with one attached hydrogen (secondary N) is 1. The topological polar surface area (TPSA) is 68.0 Å². The number of aryl methyl sites for hydroxylation is 1. The Morgan fingerprint density at radius 2 is 1.85 bits per heavy atom. The number of hydrogen-bond acceptors (Lipinski definition) is 4. The van der Waals surface area contributed by atoms with Gasteiger partial charge in [0.05, 0.1) is 11.4 Å². The Labute approximate surface area is 148 Å². The summed E-state index contributed by atoms with van der Waals surface area (Å²) in [7, 11) is 0. The normalized spacial score (nSPS) is 10.8. The number of amides is 1. The highest BCUT2D eigenvalue weighted by Gasteiger charge is 2.14. The van der Waals surface area contributed by atoms with Crippen molar-refractivity contribution < 1.29 is 13.6 Å². The van der Waals surface area contributed by atoms with Crippen LogP contribution in [-0.4, -0.2) is 15.9 Å². The van der Waals surface area contributed by atoms with Gasteiger partial charge in [0.1, 0.15) is 11.3 Å². The predicted octanol–water partition coefficient (Wildman–Crippen LogP) is 4.59. The number of hydrogen-bond donors (Lipinski definition) is 1. The first-order chi connectivity index (χ1) is 12.6. The van der Waals surface area contributed by atoms with Gasteiger partial charge in [0.25, 0.3) is 5.91 Å². The number of anilines is 1. The van der Waals surface area contributed by atoms with Crippen molar-refractivity contribution >= 4 is 22.8 Å². The molecule has 2 aromatic carbocycles. The van der Waals surface area contributed by atoms with Gasteiger partial charge >= 0.3 is 0 Å². The van der Waals surface area contributed by atoms with E-state index in [1.165, 1.54) is 18.2 Å². The molecule has 0 unspecified atom stereocenters. The smallest absolute Gasteiger partial charge is 0.255 e. The molecule has 2 heterocycles. The van der Waals surface area contributed by atoms with Crippen LogP contribution in [0.1, 0.15) is 16.1 Å². The monoisotopic (exact) mass is 347 g/mol. The lowest BCUT2D eigenvalue weighted by Crippen LogP contribution is -2.13. The molecule has 4 rings (SSSR count). The Bertz CT molecular complexity index is 1110. The number of nitrogens with zero attached hydrogens (tertiary/aromatic N) is 2. The maximum Gasteiger partial charge on any atom is 0.255 e. The molecule has 0 bridgehead atoms. The molecule has 6 heteroatoms. The Balaban J connectivity index is 1.67. The number of carbonyl (C=O) groups excluding carboxylic acids is 1. The Hall–Kier alpha value is -3.54. The van der Waals surface area contributed by atoms with E-state index in [4.69, 9.17) is 4.42 Å². The molecule has 2 aromatic heterocycles. The number of pyridine rings is 1. The summed E-state index contributed by atoms with van der Waals surface area (Å²) >= 11 is 0. The predicted molar refractivity (Wildman–Crippen MR) is 96.3 cm³/mol. The summed E-state index contributed by atoms with van der Waals surface area (Å²) in [6.45, 7) is 1.76. The van der Waals surface area contributed by atoms with E-state index in [2.05, 4.69) is 15.3 Å². The number of carbonyl (C=O) groups is 1. The molecule has 0 spiro atoms. The number of rotatable bonds is 3. The molecule has 128 valence electrons. The van der Waals surface area contributed by atoms with Gasteiger partial charge in [-0.1, -0.05) is 24.3 Å². The number of benzene rings is 2. The van der Waals surface area contributed by atoms with Crippen molar-refractivity contribution in [1.29, 1.82) is 0 Å². The molecule has 0 aliphatic rings. The molecule has 0 fully saturated rings. The van der Waals surface area contributed by atoms with E-state index in [0.717, 1.165) is 5.56 Å². The summed E-state index contributed by atoms with van der Waals surface area (Å²) in [5.74, 6) is -0.423. The summed E-state index contributed by atoms with van der Waals surface area (Å²) in [6.07, 6.45) is 0. The highest BCUT2D eigenvalue weighted by atomic mass is 19.1. The lowest BCUT2D eigenvalue weighted by molar-refractivity contribution is 0.102. The maximum absolute atomic E-state index is 13.3. The van der Waals surface area contributed by atoms with Gasteiger partial charge in [-0.2, -0.15) is 0 Å². The summed E-state index contributed by atoms with van der Waals surface area (Å²) in [4.78, 5) is 21.1. The minimum Gasteiger partial charge on any atom is -0.418 e. The van der Waals surface area contributed by atoms with Crippen LogP contribution in [-0.2, 0) is 0 Å². The zero-order chi connectivity index (χ0) is 18.1. The van der Waals surface area contributed by atoms with E-state index in [1.807, 2.05) is 30.3 Å². The van der Waals surface area contributed by atoms with Crippen LogP contribution in [0.4, 0.5) is 10.1 Å². The van der Waals surface area contributed by atoms with E-state index >= 15 is 0 Å². The van der Waals surface area contributed by atoms with Crippen molar-refractivity contribution in [2.24, 2.45) is 0 Å². The lowest BCUT2D eigenvalue weighted by atomic mass is 10.2. The molecule has 26 heavy (non-hydrogen) atoms. The van der Waals surface area contributed by atoms with Crippen molar-refractivity contribution in [3.8, 4) is 11.5 Å². The van der Waals surface area contributed by atoms with Crippen LogP contribution in [0.25, 0.3) is 22.7 Å².